The minimum atomic E-state index is -0.359. The first-order valence-corrected chi connectivity index (χ1v) is 8.75. The van der Waals surface area contributed by atoms with Crippen LogP contribution in [0.2, 0.25) is 0 Å². The largest absolute Gasteiger partial charge is 0.497 e. The van der Waals surface area contributed by atoms with Crippen molar-refractivity contribution in [2.75, 3.05) is 17.7 Å². The van der Waals surface area contributed by atoms with Crippen molar-refractivity contribution in [3.8, 4) is 5.75 Å². The Morgan fingerprint density at radius 2 is 1.61 bits per heavy atom. The third kappa shape index (κ3) is 4.54. The predicted octanol–water partition coefficient (Wildman–Crippen LogP) is 4.21. The highest BCUT2D eigenvalue weighted by Gasteiger charge is 2.13. The summed E-state index contributed by atoms with van der Waals surface area (Å²) in [4.78, 5) is 29.2. The molecule has 2 aromatic carbocycles. The molecule has 0 aliphatic heterocycles. The van der Waals surface area contributed by atoms with Crippen LogP contribution in [0.5, 0.6) is 5.75 Å². The lowest BCUT2D eigenvalue weighted by atomic mass is 10.1. The zero-order valence-electron chi connectivity index (χ0n) is 15.9. The second-order valence-corrected chi connectivity index (χ2v) is 6.42. The fourth-order valence-electron chi connectivity index (χ4n) is 2.66. The van der Waals surface area contributed by atoms with E-state index >= 15 is 0 Å². The summed E-state index contributed by atoms with van der Waals surface area (Å²) in [6, 6.07) is 14.4. The second kappa shape index (κ2) is 8.35. The van der Waals surface area contributed by atoms with Crippen molar-refractivity contribution in [3.63, 3.8) is 0 Å². The van der Waals surface area contributed by atoms with Gasteiger partial charge in [-0.15, -0.1) is 0 Å². The summed E-state index contributed by atoms with van der Waals surface area (Å²) in [5.74, 6) is -0.0445. The van der Waals surface area contributed by atoms with Crippen LogP contribution in [0.25, 0.3) is 0 Å². The number of methoxy groups -OCH3 is 1. The van der Waals surface area contributed by atoms with Gasteiger partial charge in [-0.2, -0.15) is 0 Å². The molecule has 1 heterocycles. The first-order chi connectivity index (χ1) is 13.5. The molecular formula is C22H21N3O3. The predicted molar refractivity (Wildman–Crippen MR) is 109 cm³/mol. The maximum Gasteiger partial charge on any atom is 0.257 e. The molecule has 3 rings (SSSR count). The van der Waals surface area contributed by atoms with Gasteiger partial charge in [-0.1, -0.05) is 18.2 Å². The third-order valence-electron chi connectivity index (χ3n) is 4.23. The number of carbonyl (C=O) groups excluding carboxylic acids is 2. The van der Waals surface area contributed by atoms with Crippen LogP contribution in [0.15, 0.2) is 60.9 Å². The zero-order valence-corrected chi connectivity index (χ0v) is 15.9. The van der Waals surface area contributed by atoms with Gasteiger partial charge in [0.25, 0.3) is 11.8 Å². The van der Waals surface area contributed by atoms with Gasteiger partial charge in [0.05, 0.1) is 18.2 Å². The Hall–Kier alpha value is -3.67. The van der Waals surface area contributed by atoms with Crippen LogP contribution in [0.1, 0.15) is 31.8 Å². The molecule has 0 radical (unpaired) electrons. The number of anilines is 2. The highest BCUT2D eigenvalue weighted by Crippen LogP contribution is 2.19. The molecule has 28 heavy (non-hydrogen) atoms. The molecule has 1 aromatic heterocycles. The van der Waals surface area contributed by atoms with Gasteiger partial charge in [-0.05, 0) is 49.2 Å². The van der Waals surface area contributed by atoms with E-state index in [1.807, 2.05) is 32.0 Å². The Bertz CT molecular complexity index is 1030. The van der Waals surface area contributed by atoms with Crippen molar-refractivity contribution >= 4 is 23.2 Å². The summed E-state index contributed by atoms with van der Waals surface area (Å²) in [7, 11) is 1.56. The third-order valence-corrected chi connectivity index (χ3v) is 4.23. The van der Waals surface area contributed by atoms with Crippen molar-refractivity contribution < 1.29 is 14.3 Å². The summed E-state index contributed by atoms with van der Waals surface area (Å²) in [6.07, 6.45) is 2.85. The van der Waals surface area contributed by atoms with Crippen LogP contribution in [0.3, 0.4) is 0 Å². The summed E-state index contributed by atoms with van der Waals surface area (Å²) < 4.78 is 5.15. The average molecular weight is 375 g/mol. The smallest absolute Gasteiger partial charge is 0.257 e. The molecule has 6 nitrogen and oxygen atoms in total. The number of rotatable bonds is 5. The van der Waals surface area contributed by atoms with E-state index in [9.17, 15) is 9.59 Å². The van der Waals surface area contributed by atoms with Gasteiger partial charge in [0, 0.05) is 29.8 Å². The fourth-order valence-corrected chi connectivity index (χ4v) is 2.66. The molecule has 0 aliphatic rings. The van der Waals surface area contributed by atoms with E-state index in [0.29, 0.717) is 17.0 Å². The number of hydrogen-bond donors (Lipinski definition) is 2. The van der Waals surface area contributed by atoms with Crippen LogP contribution >= 0.6 is 0 Å². The Labute approximate surface area is 163 Å². The number of pyridine rings is 1. The van der Waals surface area contributed by atoms with Crippen LogP contribution in [0, 0.1) is 13.8 Å². The highest BCUT2D eigenvalue weighted by molar-refractivity contribution is 6.08. The van der Waals surface area contributed by atoms with Crippen LogP contribution in [-0.4, -0.2) is 23.9 Å². The van der Waals surface area contributed by atoms with Gasteiger partial charge in [-0.25, -0.2) is 0 Å². The molecule has 3 aromatic rings. The van der Waals surface area contributed by atoms with Crippen molar-refractivity contribution in [1.29, 1.82) is 0 Å². The maximum atomic E-state index is 12.6. The lowest BCUT2D eigenvalue weighted by Gasteiger charge is -2.10. The quantitative estimate of drug-likeness (QED) is 0.700. The highest BCUT2D eigenvalue weighted by atomic mass is 16.5. The van der Waals surface area contributed by atoms with Gasteiger partial charge in [-0.3, -0.25) is 14.6 Å². The van der Waals surface area contributed by atoms with Crippen LogP contribution < -0.4 is 15.4 Å². The Morgan fingerprint density at radius 3 is 2.32 bits per heavy atom. The van der Waals surface area contributed by atoms with Gasteiger partial charge in [0.15, 0.2) is 0 Å². The van der Waals surface area contributed by atoms with E-state index in [4.69, 9.17) is 4.74 Å². The van der Waals surface area contributed by atoms with E-state index < -0.39 is 0 Å². The maximum absolute atomic E-state index is 12.6. The van der Waals surface area contributed by atoms with Crippen molar-refractivity contribution in [1.82, 2.24) is 4.98 Å². The molecule has 2 N–H and O–H groups in total. The molecule has 142 valence electrons. The molecule has 0 saturated heterocycles. The number of carbonyl (C=O) groups is 2. The van der Waals surface area contributed by atoms with Crippen LogP contribution in [0.4, 0.5) is 11.4 Å². The number of aromatic nitrogens is 1. The number of hydrogen-bond acceptors (Lipinski definition) is 4. The number of nitrogens with one attached hydrogen (secondary N) is 2. The SMILES string of the molecule is COc1cccc(NC(=O)c2cncc(C(=O)Nc3cc(C)ccc3C)c2)c1. The molecular weight excluding hydrogens is 354 g/mol. The molecule has 0 saturated carbocycles. The standard InChI is InChI=1S/C22H21N3O3/c1-14-7-8-15(2)20(9-14)25-22(27)17-10-16(12-23-13-17)21(26)24-18-5-4-6-19(11-18)28-3/h4-13H,1-3H3,(H,24,26)(H,25,27). The first-order valence-electron chi connectivity index (χ1n) is 8.75. The number of amides is 2. The monoisotopic (exact) mass is 375 g/mol. The fraction of sp³-hybridized carbons (Fsp3) is 0.136. The molecule has 0 aliphatic carbocycles. The van der Waals surface area contributed by atoms with Crippen molar-refractivity contribution in [3.05, 3.63) is 83.2 Å². The van der Waals surface area contributed by atoms with Gasteiger partial charge in [0.1, 0.15) is 5.75 Å². The van der Waals surface area contributed by atoms with E-state index in [-0.39, 0.29) is 17.4 Å². The summed E-state index contributed by atoms with van der Waals surface area (Å²) >= 11 is 0. The minimum absolute atomic E-state index is 0.288. The van der Waals surface area contributed by atoms with Gasteiger partial charge in [0.2, 0.25) is 0 Å². The first kappa shape index (κ1) is 19.1. The van der Waals surface area contributed by atoms with Crippen molar-refractivity contribution in [2.45, 2.75) is 13.8 Å². The van der Waals surface area contributed by atoms with Crippen LogP contribution in [-0.2, 0) is 0 Å². The number of benzene rings is 2. The Morgan fingerprint density at radius 1 is 0.893 bits per heavy atom. The lowest BCUT2D eigenvalue weighted by Crippen LogP contribution is -2.16. The average Bonchev–Trinajstić information content (AvgIpc) is 2.71. The molecule has 0 atom stereocenters. The molecule has 0 fully saturated rings. The normalized spacial score (nSPS) is 10.2. The number of nitrogens with zero attached hydrogens (tertiary/aromatic N) is 1. The van der Waals surface area contributed by atoms with E-state index in [1.54, 1.807) is 31.4 Å². The van der Waals surface area contributed by atoms with E-state index in [1.165, 1.54) is 18.5 Å². The summed E-state index contributed by atoms with van der Waals surface area (Å²) in [5.41, 5.74) is 3.92. The molecule has 2 amide bonds. The second-order valence-electron chi connectivity index (χ2n) is 6.42. The van der Waals surface area contributed by atoms with Gasteiger partial charge >= 0.3 is 0 Å². The number of ether oxygens (including phenoxy) is 1. The summed E-state index contributed by atoms with van der Waals surface area (Å²) in [5, 5.41) is 5.65. The molecule has 0 spiro atoms. The minimum Gasteiger partial charge on any atom is -0.497 e. The lowest BCUT2D eigenvalue weighted by molar-refractivity contribution is 0.102. The van der Waals surface area contributed by atoms with Crippen molar-refractivity contribution in [2.24, 2.45) is 0 Å². The van der Waals surface area contributed by atoms with E-state index in [2.05, 4.69) is 15.6 Å². The van der Waals surface area contributed by atoms with E-state index in [0.717, 1.165) is 16.8 Å². The Balaban J connectivity index is 1.76. The Kier molecular flexibility index (Phi) is 5.69. The number of aryl methyl sites for hydroxylation is 2. The zero-order chi connectivity index (χ0) is 20.1. The topological polar surface area (TPSA) is 80.3 Å². The summed E-state index contributed by atoms with van der Waals surface area (Å²) in [6.45, 7) is 3.88. The molecule has 0 bridgehead atoms. The molecule has 0 unspecified atom stereocenters. The molecule has 6 heteroatoms. The van der Waals surface area contributed by atoms with Gasteiger partial charge < -0.3 is 15.4 Å².